The van der Waals surface area contributed by atoms with Gasteiger partial charge in [-0.15, -0.1) is 0 Å². The van der Waals surface area contributed by atoms with Crippen molar-refractivity contribution in [2.75, 3.05) is 26.2 Å². The zero-order chi connectivity index (χ0) is 22.6. The predicted octanol–water partition coefficient (Wildman–Crippen LogP) is 1.97. The lowest BCUT2D eigenvalue weighted by molar-refractivity contribution is -0.164. The number of nitrogens with zero attached hydrogens (tertiary/aromatic N) is 2. The third-order valence-electron chi connectivity index (χ3n) is 5.61. The van der Waals surface area contributed by atoms with Crippen LogP contribution in [0, 0.1) is 0 Å². The van der Waals surface area contributed by atoms with E-state index in [-0.39, 0.29) is 29.4 Å². The molecule has 0 radical (unpaired) electrons. The van der Waals surface area contributed by atoms with Gasteiger partial charge >= 0.3 is 5.97 Å². The van der Waals surface area contributed by atoms with Crippen LogP contribution in [0.25, 0.3) is 0 Å². The minimum atomic E-state index is -3.50. The highest BCUT2D eigenvalue weighted by Crippen LogP contribution is 2.21. The molecule has 0 N–H and O–H groups in total. The number of rotatable bonds is 6. The van der Waals surface area contributed by atoms with Crippen molar-refractivity contribution < 1.29 is 27.5 Å². The van der Waals surface area contributed by atoms with Crippen LogP contribution in [0.15, 0.2) is 29.2 Å². The number of hydrogen-bond donors (Lipinski definition) is 0. The first-order valence-corrected chi connectivity index (χ1v) is 12.3. The Bertz CT molecular complexity index is 870. The van der Waals surface area contributed by atoms with Crippen LogP contribution in [0.4, 0.5) is 0 Å². The van der Waals surface area contributed by atoms with Crippen molar-refractivity contribution in [2.45, 2.75) is 69.7 Å². The van der Waals surface area contributed by atoms with Gasteiger partial charge < -0.3 is 14.4 Å². The highest BCUT2D eigenvalue weighted by atomic mass is 32.2. The molecule has 2 fully saturated rings. The number of ether oxygens (including phenoxy) is 2. The van der Waals surface area contributed by atoms with E-state index in [4.69, 9.17) is 9.47 Å². The first kappa shape index (κ1) is 23.7. The van der Waals surface area contributed by atoms with Gasteiger partial charge in [-0.1, -0.05) is 18.6 Å². The van der Waals surface area contributed by atoms with E-state index in [2.05, 4.69) is 0 Å². The zero-order valence-electron chi connectivity index (χ0n) is 18.5. The second-order valence-corrected chi connectivity index (χ2v) is 10.4. The van der Waals surface area contributed by atoms with Crippen molar-refractivity contribution in [3.05, 3.63) is 29.8 Å². The molecule has 31 heavy (non-hydrogen) atoms. The maximum atomic E-state index is 12.7. The quantitative estimate of drug-likeness (QED) is 0.613. The highest BCUT2D eigenvalue weighted by molar-refractivity contribution is 7.89. The molecule has 3 atom stereocenters. The standard InChI is InChI=1S/C22H32N2O6S/c1-16-14-23(15-17(2)29-16)22(26)18(3)30-21(25)13-19-7-9-20(10-8-19)31(27,28)24-11-5-4-6-12-24/h7-10,16-18H,4-6,11-15H2,1-3H3. The Hall–Kier alpha value is -1.97. The van der Waals surface area contributed by atoms with E-state index >= 15 is 0 Å². The Labute approximate surface area is 184 Å². The molecule has 3 rings (SSSR count). The van der Waals surface area contributed by atoms with E-state index in [1.807, 2.05) is 13.8 Å². The second kappa shape index (κ2) is 10.1. The highest BCUT2D eigenvalue weighted by Gasteiger charge is 2.30. The van der Waals surface area contributed by atoms with Gasteiger partial charge in [0, 0.05) is 26.2 Å². The Morgan fingerprint density at radius 2 is 1.65 bits per heavy atom. The fourth-order valence-corrected chi connectivity index (χ4v) is 5.62. The van der Waals surface area contributed by atoms with E-state index in [9.17, 15) is 18.0 Å². The largest absolute Gasteiger partial charge is 0.452 e. The van der Waals surface area contributed by atoms with Crippen molar-refractivity contribution >= 4 is 21.9 Å². The molecular formula is C22H32N2O6S. The molecule has 0 spiro atoms. The molecule has 9 heteroatoms. The van der Waals surface area contributed by atoms with Crippen molar-refractivity contribution in [3.8, 4) is 0 Å². The summed E-state index contributed by atoms with van der Waals surface area (Å²) in [6, 6.07) is 6.29. The predicted molar refractivity (Wildman–Crippen MR) is 115 cm³/mol. The molecule has 1 amide bonds. The number of carbonyl (C=O) groups is 2. The lowest BCUT2D eigenvalue weighted by Crippen LogP contribution is -2.51. The van der Waals surface area contributed by atoms with Crippen LogP contribution >= 0.6 is 0 Å². The van der Waals surface area contributed by atoms with Crippen molar-refractivity contribution in [3.63, 3.8) is 0 Å². The van der Waals surface area contributed by atoms with Crippen LogP contribution in [-0.2, 0) is 35.5 Å². The van der Waals surface area contributed by atoms with Gasteiger partial charge in [-0.05, 0) is 51.3 Å². The van der Waals surface area contributed by atoms with Crippen LogP contribution < -0.4 is 0 Å². The summed E-state index contributed by atoms with van der Waals surface area (Å²) in [7, 11) is -3.50. The summed E-state index contributed by atoms with van der Waals surface area (Å²) in [5, 5.41) is 0. The van der Waals surface area contributed by atoms with Crippen molar-refractivity contribution in [1.82, 2.24) is 9.21 Å². The van der Waals surface area contributed by atoms with Gasteiger partial charge in [0.25, 0.3) is 5.91 Å². The van der Waals surface area contributed by atoms with Gasteiger partial charge in [0.2, 0.25) is 10.0 Å². The van der Waals surface area contributed by atoms with E-state index in [1.165, 1.54) is 16.4 Å². The molecule has 0 bridgehead atoms. The van der Waals surface area contributed by atoms with Crippen LogP contribution in [-0.4, -0.2) is 74.0 Å². The Morgan fingerprint density at radius 3 is 2.23 bits per heavy atom. The molecule has 2 aliphatic heterocycles. The lowest BCUT2D eigenvalue weighted by atomic mass is 10.1. The molecule has 0 aliphatic carbocycles. The Kier molecular flexibility index (Phi) is 7.72. The lowest BCUT2D eigenvalue weighted by Gasteiger charge is -2.36. The number of amides is 1. The summed E-state index contributed by atoms with van der Waals surface area (Å²) >= 11 is 0. The van der Waals surface area contributed by atoms with Crippen LogP contribution in [0.1, 0.15) is 45.6 Å². The number of piperidine rings is 1. The molecule has 2 aliphatic rings. The van der Waals surface area contributed by atoms with Crippen molar-refractivity contribution in [2.24, 2.45) is 0 Å². The molecule has 3 unspecified atom stereocenters. The normalized spacial score (nSPS) is 23.9. The van der Waals surface area contributed by atoms with Gasteiger partial charge in [-0.2, -0.15) is 4.31 Å². The summed E-state index contributed by atoms with van der Waals surface area (Å²) in [5.74, 6) is -0.764. The molecule has 2 heterocycles. The Morgan fingerprint density at radius 1 is 1.06 bits per heavy atom. The maximum Gasteiger partial charge on any atom is 0.311 e. The first-order valence-electron chi connectivity index (χ1n) is 10.9. The average molecular weight is 453 g/mol. The number of sulfonamides is 1. The molecule has 1 aromatic rings. The smallest absolute Gasteiger partial charge is 0.311 e. The molecule has 1 aromatic carbocycles. The van der Waals surface area contributed by atoms with E-state index in [0.29, 0.717) is 31.7 Å². The van der Waals surface area contributed by atoms with Gasteiger partial charge in [-0.25, -0.2) is 8.42 Å². The third kappa shape index (κ3) is 6.05. The summed E-state index contributed by atoms with van der Waals surface area (Å²) in [6.07, 6.45) is 1.77. The molecule has 2 saturated heterocycles. The molecule has 0 saturated carbocycles. The average Bonchev–Trinajstić information content (AvgIpc) is 2.73. The first-order chi connectivity index (χ1) is 14.7. The number of hydrogen-bond acceptors (Lipinski definition) is 6. The van der Waals surface area contributed by atoms with Crippen molar-refractivity contribution in [1.29, 1.82) is 0 Å². The molecule has 172 valence electrons. The number of carbonyl (C=O) groups excluding carboxylic acids is 2. The summed E-state index contributed by atoms with van der Waals surface area (Å²) in [4.78, 5) is 26.8. The van der Waals surface area contributed by atoms with E-state index in [1.54, 1.807) is 24.0 Å². The SMILES string of the molecule is CC1CN(C(=O)C(C)OC(=O)Cc2ccc(S(=O)(=O)N3CCCCC3)cc2)CC(C)O1. The summed E-state index contributed by atoms with van der Waals surface area (Å²) < 4.78 is 37.9. The van der Waals surface area contributed by atoms with Gasteiger partial charge in [0.15, 0.2) is 6.10 Å². The number of esters is 1. The number of morpholine rings is 1. The Balaban J connectivity index is 1.55. The minimum absolute atomic E-state index is 0.0302. The number of benzene rings is 1. The van der Waals surface area contributed by atoms with Crippen LogP contribution in [0.3, 0.4) is 0 Å². The molecule has 0 aromatic heterocycles. The van der Waals surface area contributed by atoms with Crippen LogP contribution in [0.2, 0.25) is 0 Å². The van der Waals surface area contributed by atoms with E-state index in [0.717, 1.165) is 19.3 Å². The van der Waals surface area contributed by atoms with Gasteiger partial charge in [0.1, 0.15) is 0 Å². The second-order valence-electron chi connectivity index (χ2n) is 8.42. The maximum absolute atomic E-state index is 12.7. The van der Waals surface area contributed by atoms with Gasteiger partial charge in [0.05, 0.1) is 23.5 Å². The summed E-state index contributed by atoms with van der Waals surface area (Å²) in [5.41, 5.74) is 0.635. The summed E-state index contributed by atoms with van der Waals surface area (Å²) in [6.45, 7) is 7.41. The zero-order valence-corrected chi connectivity index (χ0v) is 19.3. The molecule has 8 nitrogen and oxygen atoms in total. The van der Waals surface area contributed by atoms with Crippen LogP contribution in [0.5, 0.6) is 0 Å². The van der Waals surface area contributed by atoms with Gasteiger partial charge in [-0.3, -0.25) is 9.59 Å². The fourth-order valence-electron chi connectivity index (χ4n) is 4.10. The third-order valence-corrected chi connectivity index (χ3v) is 7.52. The minimum Gasteiger partial charge on any atom is -0.452 e. The fraction of sp³-hybridized carbons (Fsp3) is 0.636. The monoisotopic (exact) mass is 452 g/mol. The molecular weight excluding hydrogens is 420 g/mol. The van der Waals surface area contributed by atoms with E-state index < -0.39 is 22.1 Å². The topological polar surface area (TPSA) is 93.2 Å².